The van der Waals surface area contributed by atoms with Crippen LogP contribution in [0.15, 0.2) is 0 Å². The van der Waals surface area contributed by atoms with E-state index in [4.69, 9.17) is 9.47 Å². The Labute approximate surface area is 126 Å². The molecular formula is C14H25N5O2. The van der Waals surface area contributed by atoms with Crippen molar-refractivity contribution >= 4 is 11.9 Å². The van der Waals surface area contributed by atoms with Gasteiger partial charge in [0.1, 0.15) is 0 Å². The standard InChI is InChI=1S/C14H25N5O2/c1-4-15-12-16-13(18-14(17-12)20-5-2)19(3)10-11-8-6-7-9-21-11/h11H,4-10H2,1-3H3,(H,15,16,17,18). The van der Waals surface area contributed by atoms with E-state index in [2.05, 4.69) is 20.3 Å². The van der Waals surface area contributed by atoms with Gasteiger partial charge in [0, 0.05) is 26.7 Å². The molecule has 0 aliphatic carbocycles. The third kappa shape index (κ3) is 4.70. The first-order chi connectivity index (χ1) is 10.2. The summed E-state index contributed by atoms with van der Waals surface area (Å²) in [4.78, 5) is 15.0. The Morgan fingerprint density at radius 2 is 2.14 bits per heavy atom. The van der Waals surface area contributed by atoms with E-state index in [1.807, 2.05) is 25.8 Å². The fourth-order valence-corrected chi connectivity index (χ4v) is 2.29. The predicted molar refractivity (Wildman–Crippen MR) is 82.0 cm³/mol. The van der Waals surface area contributed by atoms with Crippen LogP contribution in [0.1, 0.15) is 33.1 Å². The number of nitrogens with zero attached hydrogens (tertiary/aromatic N) is 4. The second-order valence-electron chi connectivity index (χ2n) is 5.07. The van der Waals surface area contributed by atoms with Crippen LogP contribution < -0.4 is 15.0 Å². The van der Waals surface area contributed by atoms with Gasteiger partial charge in [0.05, 0.1) is 12.7 Å². The number of nitrogens with one attached hydrogen (secondary N) is 1. The fourth-order valence-electron chi connectivity index (χ4n) is 2.29. The van der Waals surface area contributed by atoms with Crippen molar-refractivity contribution in [2.45, 2.75) is 39.2 Å². The van der Waals surface area contributed by atoms with Gasteiger partial charge in [-0.3, -0.25) is 0 Å². The molecular weight excluding hydrogens is 270 g/mol. The molecule has 1 atom stereocenters. The minimum absolute atomic E-state index is 0.249. The molecule has 0 saturated carbocycles. The lowest BCUT2D eigenvalue weighted by molar-refractivity contribution is 0.0214. The SMILES string of the molecule is CCNc1nc(OCC)nc(N(C)CC2CCCCO2)n1. The molecule has 0 bridgehead atoms. The highest BCUT2D eigenvalue weighted by molar-refractivity contribution is 5.37. The van der Waals surface area contributed by atoms with E-state index in [-0.39, 0.29) is 6.10 Å². The first-order valence-corrected chi connectivity index (χ1v) is 7.68. The Kier molecular flexibility index (Phi) is 5.98. The van der Waals surface area contributed by atoms with Gasteiger partial charge in [-0.15, -0.1) is 0 Å². The van der Waals surface area contributed by atoms with Gasteiger partial charge in [0.25, 0.3) is 0 Å². The van der Waals surface area contributed by atoms with Crippen LogP contribution in [0.5, 0.6) is 6.01 Å². The topological polar surface area (TPSA) is 72.4 Å². The van der Waals surface area contributed by atoms with E-state index < -0.39 is 0 Å². The molecule has 21 heavy (non-hydrogen) atoms. The lowest BCUT2D eigenvalue weighted by atomic mass is 10.1. The van der Waals surface area contributed by atoms with Crippen LogP contribution in [0.2, 0.25) is 0 Å². The van der Waals surface area contributed by atoms with Gasteiger partial charge in [-0.25, -0.2) is 0 Å². The van der Waals surface area contributed by atoms with Crippen molar-refractivity contribution in [3.63, 3.8) is 0 Å². The molecule has 118 valence electrons. The summed E-state index contributed by atoms with van der Waals surface area (Å²) in [6.07, 6.45) is 3.72. The van der Waals surface area contributed by atoms with Crippen LogP contribution in [0, 0.1) is 0 Å². The second-order valence-corrected chi connectivity index (χ2v) is 5.07. The molecule has 1 aromatic rings. The molecule has 1 N–H and O–H groups in total. The molecule has 0 spiro atoms. The Bertz CT molecular complexity index is 413. The summed E-state index contributed by atoms with van der Waals surface area (Å²) in [6, 6.07) is 0.356. The Morgan fingerprint density at radius 3 is 2.81 bits per heavy atom. The number of ether oxygens (including phenoxy) is 2. The third-order valence-corrected chi connectivity index (χ3v) is 3.30. The summed E-state index contributed by atoms with van der Waals surface area (Å²) in [6.45, 7) is 6.83. The largest absolute Gasteiger partial charge is 0.464 e. The van der Waals surface area contributed by atoms with Crippen molar-refractivity contribution < 1.29 is 9.47 Å². The van der Waals surface area contributed by atoms with Crippen molar-refractivity contribution in [3.8, 4) is 6.01 Å². The molecule has 7 nitrogen and oxygen atoms in total. The van der Waals surface area contributed by atoms with Gasteiger partial charge in [0.15, 0.2) is 0 Å². The van der Waals surface area contributed by atoms with Gasteiger partial charge in [-0.05, 0) is 33.1 Å². The van der Waals surface area contributed by atoms with E-state index in [9.17, 15) is 0 Å². The summed E-state index contributed by atoms with van der Waals surface area (Å²) in [7, 11) is 1.97. The Hall–Kier alpha value is -1.63. The summed E-state index contributed by atoms with van der Waals surface area (Å²) >= 11 is 0. The Balaban J connectivity index is 2.08. The number of hydrogen-bond acceptors (Lipinski definition) is 7. The summed E-state index contributed by atoms with van der Waals surface area (Å²) in [5.74, 6) is 1.15. The first kappa shape index (κ1) is 15.8. The summed E-state index contributed by atoms with van der Waals surface area (Å²) < 4.78 is 11.2. The molecule has 1 aromatic heterocycles. The summed E-state index contributed by atoms with van der Waals surface area (Å²) in [5, 5.41) is 3.11. The number of hydrogen-bond donors (Lipinski definition) is 1. The molecule has 1 fully saturated rings. The molecule has 1 unspecified atom stereocenters. The van der Waals surface area contributed by atoms with Crippen LogP contribution in [-0.4, -0.2) is 54.4 Å². The van der Waals surface area contributed by atoms with E-state index in [0.717, 1.165) is 32.5 Å². The zero-order chi connectivity index (χ0) is 15.1. The van der Waals surface area contributed by atoms with Crippen molar-refractivity contribution in [2.24, 2.45) is 0 Å². The normalized spacial score (nSPS) is 18.3. The average Bonchev–Trinajstić information content (AvgIpc) is 2.49. The number of anilines is 2. The minimum atomic E-state index is 0.249. The van der Waals surface area contributed by atoms with Crippen LogP contribution in [0.25, 0.3) is 0 Å². The van der Waals surface area contributed by atoms with Gasteiger partial charge < -0.3 is 19.7 Å². The molecule has 2 rings (SSSR count). The average molecular weight is 295 g/mol. The van der Waals surface area contributed by atoms with Crippen molar-refractivity contribution in [3.05, 3.63) is 0 Å². The van der Waals surface area contributed by atoms with E-state index >= 15 is 0 Å². The third-order valence-electron chi connectivity index (χ3n) is 3.30. The zero-order valence-corrected chi connectivity index (χ0v) is 13.1. The highest BCUT2D eigenvalue weighted by Gasteiger charge is 2.18. The number of likely N-dealkylation sites (N-methyl/N-ethyl adjacent to an activating group) is 1. The quantitative estimate of drug-likeness (QED) is 0.821. The van der Waals surface area contributed by atoms with E-state index in [1.165, 1.54) is 6.42 Å². The second kappa shape index (κ2) is 7.97. The maximum atomic E-state index is 5.77. The van der Waals surface area contributed by atoms with Gasteiger partial charge >= 0.3 is 6.01 Å². The predicted octanol–water partition coefficient (Wildman–Crippen LogP) is 1.71. The number of aromatic nitrogens is 3. The highest BCUT2D eigenvalue weighted by Crippen LogP contribution is 2.18. The molecule has 1 aliphatic heterocycles. The monoisotopic (exact) mass is 295 g/mol. The molecule has 0 aromatic carbocycles. The van der Waals surface area contributed by atoms with E-state index in [1.54, 1.807) is 0 Å². The maximum absolute atomic E-state index is 5.77. The Morgan fingerprint density at radius 1 is 1.29 bits per heavy atom. The lowest BCUT2D eigenvalue weighted by Gasteiger charge is -2.27. The van der Waals surface area contributed by atoms with Crippen LogP contribution in [-0.2, 0) is 4.74 Å². The summed E-state index contributed by atoms with van der Waals surface area (Å²) in [5.41, 5.74) is 0. The fraction of sp³-hybridized carbons (Fsp3) is 0.786. The molecule has 1 saturated heterocycles. The lowest BCUT2D eigenvalue weighted by Crippen LogP contribution is -2.34. The smallest absolute Gasteiger partial charge is 0.323 e. The molecule has 0 radical (unpaired) electrons. The van der Waals surface area contributed by atoms with Crippen LogP contribution in [0.3, 0.4) is 0 Å². The molecule has 0 amide bonds. The molecule has 1 aliphatic rings. The van der Waals surface area contributed by atoms with E-state index in [0.29, 0.717) is 24.5 Å². The zero-order valence-electron chi connectivity index (χ0n) is 13.1. The molecule has 7 heteroatoms. The van der Waals surface area contributed by atoms with Crippen molar-refractivity contribution in [2.75, 3.05) is 43.6 Å². The van der Waals surface area contributed by atoms with Crippen LogP contribution >= 0.6 is 0 Å². The minimum Gasteiger partial charge on any atom is -0.464 e. The first-order valence-electron chi connectivity index (χ1n) is 7.68. The van der Waals surface area contributed by atoms with Gasteiger partial charge in [-0.1, -0.05) is 0 Å². The number of rotatable bonds is 7. The van der Waals surface area contributed by atoms with Gasteiger partial charge in [0.2, 0.25) is 11.9 Å². The van der Waals surface area contributed by atoms with Crippen molar-refractivity contribution in [1.82, 2.24) is 15.0 Å². The van der Waals surface area contributed by atoms with Crippen molar-refractivity contribution in [1.29, 1.82) is 0 Å². The highest BCUT2D eigenvalue weighted by atomic mass is 16.5. The van der Waals surface area contributed by atoms with Crippen LogP contribution in [0.4, 0.5) is 11.9 Å². The molecule has 2 heterocycles. The van der Waals surface area contributed by atoms with Gasteiger partial charge in [-0.2, -0.15) is 15.0 Å². The maximum Gasteiger partial charge on any atom is 0.323 e.